The Balaban J connectivity index is 3.06. The van der Waals surface area contributed by atoms with Crippen molar-refractivity contribution in [2.24, 2.45) is 0 Å². The summed E-state index contributed by atoms with van der Waals surface area (Å²) in [6.07, 6.45) is 1.24. The Morgan fingerprint density at radius 1 is 0.739 bits per heavy atom. The van der Waals surface area contributed by atoms with Crippen molar-refractivity contribution >= 4 is 21.2 Å². The number of benzene rings is 1. The molecule has 1 aromatic rings. The van der Waals surface area contributed by atoms with Crippen molar-refractivity contribution in [1.29, 1.82) is 0 Å². The summed E-state index contributed by atoms with van der Waals surface area (Å²) in [6.45, 7) is 26.6. The summed E-state index contributed by atoms with van der Waals surface area (Å²) in [5, 5.41) is 2.78. The molecule has 1 rings (SSSR count). The highest BCUT2D eigenvalue weighted by atomic mass is 31.1. The van der Waals surface area contributed by atoms with E-state index in [0.717, 1.165) is 0 Å². The average molecular weight is 351 g/mol. The predicted octanol–water partition coefficient (Wildman–Crippen LogP) is 6.98. The van der Waals surface area contributed by atoms with E-state index in [2.05, 4.69) is 99.7 Å². The molecule has 132 valence electrons. The zero-order valence-electron chi connectivity index (χ0n) is 17.5. The lowest BCUT2D eigenvalue weighted by atomic mass is 10.2. The van der Waals surface area contributed by atoms with Gasteiger partial charge in [-0.1, -0.05) is 113 Å². The van der Waals surface area contributed by atoms with Gasteiger partial charge in [0.15, 0.2) is 0 Å². The lowest BCUT2D eigenvalue weighted by molar-refractivity contribution is 0.702. The molecule has 0 bridgehead atoms. The Bertz CT molecular complexity index is 493. The highest BCUT2D eigenvalue weighted by molar-refractivity contribution is 7.60. The molecule has 0 nitrogen and oxygen atoms in total. The summed E-state index contributed by atoms with van der Waals surface area (Å²) in [7, 11) is -1.48. The van der Waals surface area contributed by atoms with Gasteiger partial charge in [0.05, 0.1) is 8.07 Å². The second kappa shape index (κ2) is 6.64. The lowest BCUT2D eigenvalue weighted by Gasteiger charge is -2.42. The fourth-order valence-corrected chi connectivity index (χ4v) is 8.53. The molecule has 0 spiro atoms. The smallest absolute Gasteiger partial charge is 0.0859 e. The van der Waals surface area contributed by atoms with Crippen LogP contribution in [0.1, 0.15) is 67.9 Å². The Labute approximate surface area is 148 Å². The van der Waals surface area contributed by atoms with Gasteiger partial charge >= 0.3 is 0 Å². The molecule has 0 unspecified atom stereocenters. The third-order valence-corrected chi connectivity index (χ3v) is 15.0. The first kappa shape index (κ1) is 20.9. The van der Waals surface area contributed by atoms with Crippen LogP contribution in [-0.4, -0.2) is 18.4 Å². The van der Waals surface area contributed by atoms with Crippen LogP contribution >= 0.6 is 7.92 Å². The monoisotopic (exact) mass is 350 g/mol. The number of hydrogen-bond donors (Lipinski definition) is 0. The van der Waals surface area contributed by atoms with Crippen molar-refractivity contribution in [2.45, 2.75) is 96.9 Å². The normalized spacial score (nSPS) is 14.4. The molecule has 2 heteroatoms. The first-order valence-corrected chi connectivity index (χ1v) is 13.5. The van der Waals surface area contributed by atoms with E-state index in [0.29, 0.717) is 15.4 Å². The van der Waals surface area contributed by atoms with Gasteiger partial charge in [0.1, 0.15) is 0 Å². The molecular weight excluding hydrogens is 311 g/mol. The lowest BCUT2D eigenvalue weighted by Crippen LogP contribution is -2.49. The van der Waals surface area contributed by atoms with E-state index in [1.165, 1.54) is 11.7 Å². The Hall–Kier alpha value is -0.133. The molecule has 0 atom stereocenters. The van der Waals surface area contributed by atoms with Crippen molar-refractivity contribution in [2.75, 3.05) is 0 Å². The van der Waals surface area contributed by atoms with Crippen molar-refractivity contribution < 1.29 is 0 Å². The second-order valence-corrected chi connectivity index (χ2v) is 19.7. The van der Waals surface area contributed by atoms with E-state index in [1.54, 1.807) is 5.19 Å². The first-order valence-electron chi connectivity index (χ1n) is 8.94. The van der Waals surface area contributed by atoms with E-state index in [-0.39, 0.29) is 7.92 Å². The van der Waals surface area contributed by atoms with Gasteiger partial charge in [0.2, 0.25) is 0 Å². The van der Waals surface area contributed by atoms with Gasteiger partial charge in [0, 0.05) is 0 Å². The third-order valence-electron chi connectivity index (χ3n) is 5.51. The van der Waals surface area contributed by atoms with Gasteiger partial charge in [-0.05, 0) is 27.1 Å². The van der Waals surface area contributed by atoms with Crippen LogP contribution in [0.25, 0.3) is 0 Å². The number of rotatable bonds is 3. The molecule has 0 saturated carbocycles. The van der Waals surface area contributed by atoms with Crippen LogP contribution in [-0.2, 0) is 6.16 Å². The van der Waals surface area contributed by atoms with Gasteiger partial charge in [-0.2, -0.15) is 0 Å². The quantitative estimate of drug-likeness (QED) is 0.407. The SMILES string of the molecule is CC(C)(C)P(Cc1ccc([Si](C)(C)C(C)(C)C)cc1)C(C)(C)C. The van der Waals surface area contributed by atoms with Crippen LogP contribution in [0.5, 0.6) is 0 Å². The van der Waals surface area contributed by atoms with Gasteiger partial charge < -0.3 is 0 Å². The highest BCUT2D eigenvalue weighted by Crippen LogP contribution is 2.61. The fraction of sp³-hybridized carbons (Fsp3) is 0.714. The zero-order valence-corrected chi connectivity index (χ0v) is 19.4. The molecule has 23 heavy (non-hydrogen) atoms. The summed E-state index contributed by atoms with van der Waals surface area (Å²) < 4.78 is 0. The molecule has 1 aromatic carbocycles. The van der Waals surface area contributed by atoms with E-state index in [1.807, 2.05) is 0 Å². The molecule has 0 aliphatic heterocycles. The molecule has 0 aliphatic carbocycles. The maximum absolute atomic E-state index is 2.50. The largest absolute Gasteiger partial charge is 0.0911 e. The van der Waals surface area contributed by atoms with Crippen LogP contribution in [0.3, 0.4) is 0 Å². The first-order chi connectivity index (χ1) is 10.1. The fourth-order valence-electron chi connectivity index (χ4n) is 3.12. The third kappa shape index (κ3) is 5.17. The minimum absolute atomic E-state index is 0.0680. The molecule has 0 fully saturated rings. The van der Waals surface area contributed by atoms with Crippen LogP contribution in [0.4, 0.5) is 0 Å². The molecular formula is C21H39PSi. The highest BCUT2D eigenvalue weighted by Gasteiger charge is 2.37. The van der Waals surface area contributed by atoms with Crippen LogP contribution in [0.2, 0.25) is 18.1 Å². The summed E-state index contributed by atoms with van der Waals surface area (Å²) in [5.41, 5.74) is 1.52. The Morgan fingerprint density at radius 3 is 1.43 bits per heavy atom. The molecule has 0 amide bonds. The van der Waals surface area contributed by atoms with Crippen molar-refractivity contribution in [3.05, 3.63) is 29.8 Å². The molecule has 0 aliphatic rings. The van der Waals surface area contributed by atoms with E-state index >= 15 is 0 Å². The zero-order chi connectivity index (χ0) is 18.3. The summed E-state index contributed by atoms with van der Waals surface area (Å²) >= 11 is 0. The predicted molar refractivity (Wildman–Crippen MR) is 113 cm³/mol. The van der Waals surface area contributed by atoms with E-state index in [4.69, 9.17) is 0 Å². The Kier molecular flexibility index (Phi) is 6.04. The van der Waals surface area contributed by atoms with Crippen molar-refractivity contribution in [3.63, 3.8) is 0 Å². The van der Waals surface area contributed by atoms with Gasteiger partial charge in [-0.15, -0.1) is 0 Å². The molecule has 0 heterocycles. The standard InChI is InChI=1S/C21H39PSi/c1-19(2,3)22(20(4,5)6)16-17-12-14-18(15-13-17)23(10,11)21(7,8)9/h12-15H,16H2,1-11H3. The minimum Gasteiger partial charge on any atom is -0.0911 e. The second-order valence-electron chi connectivity index (χ2n) is 10.5. The maximum atomic E-state index is 2.50. The average Bonchev–Trinajstić information content (AvgIpc) is 2.32. The topological polar surface area (TPSA) is 0 Å². The molecule has 0 N–H and O–H groups in total. The minimum atomic E-state index is -1.41. The summed E-state index contributed by atoms with van der Waals surface area (Å²) in [6, 6.07) is 9.66. The molecule has 0 saturated heterocycles. The maximum Gasteiger partial charge on any atom is 0.0859 e. The van der Waals surface area contributed by atoms with Gasteiger partial charge in [-0.3, -0.25) is 0 Å². The Morgan fingerprint density at radius 2 is 1.13 bits per heavy atom. The molecule has 0 aromatic heterocycles. The van der Waals surface area contributed by atoms with E-state index < -0.39 is 8.07 Å². The van der Waals surface area contributed by atoms with Gasteiger partial charge in [-0.25, -0.2) is 0 Å². The number of hydrogen-bond acceptors (Lipinski definition) is 0. The van der Waals surface area contributed by atoms with Crippen molar-refractivity contribution in [3.8, 4) is 0 Å². The van der Waals surface area contributed by atoms with Crippen LogP contribution < -0.4 is 5.19 Å². The summed E-state index contributed by atoms with van der Waals surface area (Å²) in [5.74, 6) is 0. The molecule has 0 radical (unpaired) electrons. The summed E-state index contributed by atoms with van der Waals surface area (Å²) in [4.78, 5) is 0. The van der Waals surface area contributed by atoms with E-state index in [9.17, 15) is 0 Å². The van der Waals surface area contributed by atoms with Crippen molar-refractivity contribution in [1.82, 2.24) is 0 Å². The van der Waals surface area contributed by atoms with Crippen LogP contribution in [0.15, 0.2) is 24.3 Å². The van der Waals surface area contributed by atoms with Crippen LogP contribution in [0, 0.1) is 0 Å². The van der Waals surface area contributed by atoms with Gasteiger partial charge in [0.25, 0.3) is 0 Å².